The van der Waals surface area contributed by atoms with Crippen LogP contribution in [0.15, 0.2) is 36.7 Å². The first-order valence-corrected chi connectivity index (χ1v) is 7.79. The lowest BCUT2D eigenvalue weighted by atomic mass is 10.1. The largest absolute Gasteiger partial charge is 0.356 e. The van der Waals surface area contributed by atoms with Gasteiger partial charge in [-0.15, -0.1) is 0 Å². The molecule has 0 unspecified atom stereocenters. The number of para-hydroxylation sites is 1. The van der Waals surface area contributed by atoms with Crippen molar-refractivity contribution in [3.63, 3.8) is 0 Å². The second-order valence-corrected chi connectivity index (χ2v) is 5.44. The van der Waals surface area contributed by atoms with E-state index in [2.05, 4.69) is 51.4 Å². The van der Waals surface area contributed by atoms with E-state index < -0.39 is 0 Å². The molecule has 0 bridgehead atoms. The highest BCUT2D eigenvalue weighted by Crippen LogP contribution is 2.23. The third-order valence-electron chi connectivity index (χ3n) is 3.99. The third kappa shape index (κ3) is 3.32. The summed E-state index contributed by atoms with van der Waals surface area (Å²) < 4.78 is 0. The van der Waals surface area contributed by atoms with Crippen molar-refractivity contribution in [2.45, 2.75) is 32.6 Å². The average molecular weight is 282 g/mol. The monoisotopic (exact) mass is 282 g/mol. The summed E-state index contributed by atoms with van der Waals surface area (Å²) >= 11 is 0. The fourth-order valence-corrected chi connectivity index (χ4v) is 2.80. The topological polar surface area (TPSA) is 41.0 Å². The van der Waals surface area contributed by atoms with Crippen molar-refractivity contribution in [2.75, 3.05) is 23.3 Å². The first kappa shape index (κ1) is 13.9. The first-order chi connectivity index (χ1) is 10.4. The third-order valence-corrected chi connectivity index (χ3v) is 3.99. The van der Waals surface area contributed by atoms with Crippen molar-refractivity contribution in [1.29, 1.82) is 0 Å². The predicted molar refractivity (Wildman–Crippen MR) is 87.2 cm³/mol. The van der Waals surface area contributed by atoms with Crippen molar-refractivity contribution in [3.8, 4) is 0 Å². The van der Waals surface area contributed by atoms with Gasteiger partial charge < -0.3 is 10.2 Å². The number of nitrogens with one attached hydrogen (secondary N) is 1. The van der Waals surface area contributed by atoms with Gasteiger partial charge >= 0.3 is 0 Å². The van der Waals surface area contributed by atoms with Gasteiger partial charge in [-0.3, -0.25) is 0 Å². The highest BCUT2D eigenvalue weighted by Gasteiger charge is 2.13. The second kappa shape index (κ2) is 6.57. The molecule has 1 aromatic carbocycles. The Hall–Kier alpha value is -2.10. The molecule has 0 saturated carbocycles. The van der Waals surface area contributed by atoms with Crippen molar-refractivity contribution in [2.24, 2.45) is 0 Å². The van der Waals surface area contributed by atoms with E-state index in [1.807, 2.05) is 6.07 Å². The zero-order valence-electron chi connectivity index (χ0n) is 12.5. The van der Waals surface area contributed by atoms with Crippen molar-refractivity contribution in [3.05, 3.63) is 42.2 Å². The predicted octanol–water partition coefficient (Wildman–Crippen LogP) is 3.77. The molecule has 110 valence electrons. The molecule has 1 aliphatic rings. The van der Waals surface area contributed by atoms with Gasteiger partial charge in [0.15, 0.2) is 0 Å². The summed E-state index contributed by atoms with van der Waals surface area (Å²) in [7, 11) is 0. The van der Waals surface area contributed by atoms with Crippen molar-refractivity contribution < 1.29 is 0 Å². The summed E-state index contributed by atoms with van der Waals surface area (Å²) in [4.78, 5) is 11.1. The Bertz CT molecular complexity index is 591. The lowest BCUT2D eigenvalue weighted by Gasteiger charge is -2.27. The lowest BCUT2D eigenvalue weighted by molar-refractivity contribution is 0.573. The Morgan fingerprint density at radius 1 is 1.10 bits per heavy atom. The van der Waals surface area contributed by atoms with Gasteiger partial charge in [-0.25, -0.2) is 9.97 Å². The van der Waals surface area contributed by atoms with Gasteiger partial charge in [0.05, 0.1) is 0 Å². The zero-order chi connectivity index (χ0) is 14.5. The van der Waals surface area contributed by atoms with Crippen LogP contribution < -0.4 is 10.2 Å². The van der Waals surface area contributed by atoms with Gasteiger partial charge in [-0.05, 0) is 37.3 Å². The molecular weight excluding hydrogens is 260 g/mol. The van der Waals surface area contributed by atoms with Crippen LogP contribution in [-0.4, -0.2) is 23.1 Å². The van der Waals surface area contributed by atoms with Crippen LogP contribution in [0.5, 0.6) is 0 Å². The lowest BCUT2D eigenvalue weighted by Crippen LogP contribution is -2.30. The van der Waals surface area contributed by atoms with Crippen LogP contribution in [0.2, 0.25) is 0 Å². The van der Waals surface area contributed by atoms with Crippen LogP contribution >= 0.6 is 0 Å². The standard InChI is InChI=1S/C17H22N4/c1-2-14-8-4-5-9-15(14)20-16-12-17(19-13-18-16)21-10-6-3-7-11-21/h4-5,8-9,12-13H,2-3,6-7,10-11H2,1H3,(H,18,19,20). The molecule has 0 atom stereocenters. The Morgan fingerprint density at radius 3 is 2.71 bits per heavy atom. The molecule has 21 heavy (non-hydrogen) atoms. The summed E-state index contributed by atoms with van der Waals surface area (Å²) in [5, 5.41) is 3.43. The average Bonchev–Trinajstić information content (AvgIpc) is 2.56. The summed E-state index contributed by atoms with van der Waals surface area (Å²) in [6.07, 6.45) is 6.50. The van der Waals surface area contributed by atoms with Crippen LogP contribution in [0.1, 0.15) is 31.7 Å². The molecular formula is C17H22N4. The normalized spacial score (nSPS) is 15.0. The molecule has 1 aliphatic heterocycles. The van der Waals surface area contributed by atoms with E-state index in [-0.39, 0.29) is 0 Å². The van der Waals surface area contributed by atoms with Crippen LogP contribution in [-0.2, 0) is 6.42 Å². The Labute approximate surface area is 126 Å². The van der Waals surface area contributed by atoms with Crippen molar-refractivity contribution in [1.82, 2.24) is 9.97 Å². The molecule has 1 fully saturated rings. The number of anilines is 3. The molecule has 0 aliphatic carbocycles. The molecule has 2 heterocycles. The molecule has 0 spiro atoms. The highest BCUT2D eigenvalue weighted by atomic mass is 15.2. The minimum Gasteiger partial charge on any atom is -0.356 e. The number of hydrogen-bond acceptors (Lipinski definition) is 4. The highest BCUT2D eigenvalue weighted by molar-refractivity contribution is 5.62. The van der Waals surface area contributed by atoms with Crippen LogP contribution in [0.25, 0.3) is 0 Å². The molecule has 2 aromatic rings. The number of aromatic nitrogens is 2. The van der Waals surface area contributed by atoms with E-state index in [0.717, 1.165) is 36.8 Å². The maximum absolute atomic E-state index is 4.42. The molecule has 0 radical (unpaired) electrons. The number of aryl methyl sites for hydroxylation is 1. The quantitative estimate of drug-likeness (QED) is 0.926. The van der Waals surface area contributed by atoms with Gasteiger partial charge in [-0.1, -0.05) is 25.1 Å². The smallest absolute Gasteiger partial charge is 0.135 e. The number of piperidine rings is 1. The van der Waals surface area contributed by atoms with E-state index in [1.165, 1.54) is 24.8 Å². The molecule has 3 rings (SSSR count). The molecule has 4 nitrogen and oxygen atoms in total. The van der Waals surface area contributed by atoms with Gasteiger partial charge in [0, 0.05) is 24.8 Å². The minimum absolute atomic E-state index is 0.867. The van der Waals surface area contributed by atoms with Gasteiger partial charge in [0.2, 0.25) is 0 Å². The van der Waals surface area contributed by atoms with E-state index in [0.29, 0.717) is 0 Å². The summed E-state index contributed by atoms with van der Waals surface area (Å²) in [6, 6.07) is 10.4. The fourth-order valence-electron chi connectivity index (χ4n) is 2.80. The van der Waals surface area contributed by atoms with Gasteiger partial charge in [-0.2, -0.15) is 0 Å². The summed E-state index contributed by atoms with van der Waals surface area (Å²) in [5.74, 6) is 1.90. The summed E-state index contributed by atoms with van der Waals surface area (Å²) in [5.41, 5.74) is 2.43. The van der Waals surface area contributed by atoms with Crippen LogP contribution in [0.3, 0.4) is 0 Å². The SMILES string of the molecule is CCc1ccccc1Nc1cc(N2CCCCC2)ncn1. The fraction of sp³-hybridized carbons (Fsp3) is 0.412. The Balaban J connectivity index is 1.79. The number of hydrogen-bond donors (Lipinski definition) is 1. The van der Waals surface area contributed by atoms with Crippen LogP contribution in [0.4, 0.5) is 17.3 Å². The van der Waals surface area contributed by atoms with Crippen LogP contribution in [0, 0.1) is 0 Å². The molecule has 0 amide bonds. The number of nitrogens with zero attached hydrogens (tertiary/aromatic N) is 3. The zero-order valence-corrected chi connectivity index (χ0v) is 12.5. The maximum Gasteiger partial charge on any atom is 0.135 e. The van der Waals surface area contributed by atoms with E-state index >= 15 is 0 Å². The molecule has 1 saturated heterocycles. The molecule has 1 aromatic heterocycles. The molecule has 4 heteroatoms. The number of rotatable bonds is 4. The van der Waals surface area contributed by atoms with Gasteiger partial charge in [0.1, 0.15) is 18.0 Å². The Morgan fingerprint density at radius 2 is 1.90 bits per heavy atom. The first-order valence-electron chi connectivity index (χ1n) is 7.79. The van der Waals surface area contributed by atoms with Gasteiger partial charge in [0.25, 0.3) is 0 Å². The maximum atomic E-state index is 4.42. The van der Waals surface area contributed by atoms with Crippen molar-refractivity contribution >= 4 is 17.3 Å². The molecule has 1 N–H and O–H groups in total. The van der Waals surface area contributed by atoms with E-state index in [9.17, 15) is 0 Å². The van der Waals surface area contributed by atoms with E-state index in [4.69, 9.17) is 0 Å². The minimum atomic E-state index is 0.867. The number of benzene rings is 1. The Kier molecular flexibility index (Phi) is 4.34. The van der Waals surface area contributed by atoms with E-state index in [1.54, 1.807) is 6.33 Å². The summed E-state index contributed by atoms with van der Waals surface area (Å²) in [6.45, 7) is 4.36. The second-order valence-electron chi connectivity index (χ2n) is 5.44.